The van der Waals surface area contributed by atoms with Gasteiger partial charge in [0.1, 0.15) is 11.4 Å². The maximum Gasteiger partial charge on any atom is 0.271 e. The maximum atomic E-state index is 12.8. The van der Waals surface area contributed by atoms with E-state index in [-0.39, 0.29) is 33.7 Å². The summed E-state index contributed by atoms with van der Waals surface area (Å²) in [5.74, 6) is 0.146. The summed E-state index contributed by atoms with van der Waals surface area (Å²) in [5, 5.41) is 10.7. The lowest BCUT2D eigenvalue weighted by Crippen LogP contribution is -2.48. The molecule has 0 bridgehead atoms. The second kappa shape index (κ2) is 7.20. The topological polar surface area (TPSA) is 119 Å². The molecule has 154 valence electrons. The smallest absolute Gasteiger partial charge is 0.271 e. The van der Waals surface area contributed by atoms with E-state index in [4.69, 9.17) is 16.3 Å². The van der Waals surface area contributed by atoms with Crippen molar-refractivity contribution in [1.82, 2.24) is 0 Å². The van der Waals surface area contributed by atoms with E-state index in [1.807, 2.05) is 13.8 Å². The first kappa shape index (κ1) is 20.9. The number of benzene rings is 2. The molecule has 0 atom stereocenters. The lowest BCUT2D eigenvalue weighted by molar-refractivity contribution is -0.384. The van der Waals surface area contributed by atoms with Crippen molar-refractivity contribution in [2.24, 2.45) is 0 Å². The van der Waals surface area contributed by atoms with Crippen LogP contribution in [0.15, 0.2) is 41.3 Å². The number of hydrogen-bond acceptors (Lipinski definition) is 6. The zero-order chi connectivity index (χ0) is 21.6. The first-order valence-corrected chi connectivity index (χ1v) is 10.3. The number of halogens is 1. The number of anilines is 2. The molecule has 2 aromatic rings. The fourth-order valence-electron chi connectivity index (χ4n) is 2.94. The number of sulfonamides is 1. The summed E-state index contributed by atoms with van der Waals surface area (Å²) in [4.78, 5) is 23.6. The molecule has 1 amide bonds. The highest BCUT2D eigenvalue weighted by molar-refractivity contribution is 7.92. The van der Waals surface area contributed by atoms with Gasteiger partial charge in [-0.3, -0.25) is 19.6 Å². The molecular formula is C18H18ClN3O6S. The Morgan fingerprint density at radius 2 is 1.97 bits per heavy atom. The number of ether oxygens (including phenoxy) is 1. The van der Waals surface area contributed by atoms with Crippen LogP contribution >= 0.6 is 11.6 Å². The van der Waals surface area contributed by atoms with Crippen LogP contribution < -0.4 is 14.4 Å². The molecule has 0 spiro atoms. The number of nitrogens with zero attached hydrogens (tertiary/aromatic N) is 2. The lowest BCUT2D eigenvalue weighted by atomic mass is 10.1. The summed E-state index contributed by atoms with van der Waals surface area (Å²) in [5.41, 5.74) is -0.544. The SMILES string of the molecule is CC(=O)N1CC(C)(C)Oc2ccc(S(=O)(=O)Nc3ccc([N+](=O)[O-])cc3Cl)cc21. The van der Waals surface area contributed by atoms with Crippen LogP contribution in [0.5, 0.6) is 5.75 Å². The van der Waals surface area contributed by atoms with Gasteiger partial charge in [0.15, 0.2) is 0 Å². The lowest BCUT2D eigenvalue weighted by Gasteiger charge is -2.39. The first-order chi connectivity index (χ1) is 13.4. The van der Waals surface area contributed by atoms with Crippen LogP contribution in [0.4, 0.5) is 17.1 Å². The van der Waals surface area contributed by atoms with Gasteiger partial charge in [-0.25, -0.2) is 8.42 Å². The van der Waals surface area contributed by atoms with E-state index in [0.29, 0.717) is 11.4 Å². The van der Waals surface area contributed by atoms with E-state index in [2.05, 4.69) is 4.72 Å². The van der Waals surface area contributed by atoms with Crippen molar-refractivity contribution in [3.63, 3.8) is 0 Å². The minimum absolute atomic E-state index is 0.00389. The quantitative estimate of drug-likeness (QED) is 0.574. The largest absolute Gasteiger partial charge is 0.484 e. The van der Waals surface area contributed by atoms with Crippen LogP contribution in [-0.2, 0) is 14.8 Å². The van der Waals surface area contributed by atoms with Crippen molar-refractivity contribution in [1.29, 1.82) is 0 Å². The fraction of sp³-hybridized carbons (Fsp3) is 0.278. The normalized spacial score (nSPS) is 15.2. The minimum atomic E-state index is -4.08. The number of nitro benzene ring substituents is 1. The Kier molecular flexibility index (Phi) is 5.18. The van der Waals surface area contributed by atoms with Gasteiger partial charge in [-0.15, -0.1) is 0 Å². The van der Waals surface area contributed by atoms with Crippen LogP contribution in [-0.4, -0.2) is 31.4 Å². The molecule has 1 aliphatic rings. The van der Waals surface area contributed by atoms with E-state index in [9.17, 15) is 23.3 Å². The van der Waals surface area contributed by atoms with Gasteiger partial charge in [-0.1, -0.05) is 11.6 Å². The van der Waals surface area contributed by atoms with Gasteiger partial charge >= 0.3 is 0 Å². The van der Waals surface area contributed by atoms with E-state index < -0.39 is 20.5 Å². The van der Waals surface area contributed by atoms with Gasteiger partial charge in [0.05, 0.1) is 32.8 Å². The highest BCUT2D eigenvalue weighted by atomic mass is 35.5. The summed E-state index contributed by atoms with van der Waals surface area (Å²) in [6.45, 7) is 5.31. The van der Waals surface area contributed by atoms with Crippen molar-refractivity contribution in [3.05, 3.63) is 51.5 Å². The van der Waals surface area contributed by atoms with Gasteiger partial charge in [0.2, 0.25) is 5.91 Å². The predicted octanol–water partition coefficient (Wildman–Crippen LogP) is 3.57. The van der Waals surface area contributed by atoms with Crippen molar-refractivity contribution >= 4 is 44.6 Å². The molecule has 1 aliphatic heterocycles. The molecule has 0 unspecified atom stereocenters. The molecule has 0 radical (unpaired) electrons. The Balaban J connectivity index is 1.98. The van der Waals surface area contributed by atoms with Crippen molar-refractivity contribution in [2.75, 3.05) is 16.2 Å². The number of nitrogens with one attached hydrogen (secondary N) is 1. The van der Waals surface area contributed by atoms with Crippen molar-refractivity contribution in [2.45, 2.75) is 31.3 Å². The Hall–Kier alpha value is -2.85. The van der Waals surface area contributed by atoms with E-state index in [0.717, 1.165) is 12.1 Å². The third-order valence-electron chi connectivity index (χ3n) is 4.24. The average Bonchev–Trinajstić information content (AvgIpc) is 2.61. The summed E-state index contributed by atoms with van der Waals surface area (Å²) in [6, 6.07) is 7.58. The Morgan fingerprint density at radius 3 is 2.55 bits per heavy atom. The van der Waals surface area contributed by atoms with Gasteiger partial charge in [0, 0.05) is 19.1 Å². The molecule has 0 aromatic heterocycles. The number of rotatable bonds is 4. The summed E-state index contributed by atoms with van der Waals surface area (Å²) < 4.78 is 33.8. The van der Waals surface area contributed by atoms with Crippen LogP contribution in [0.2, 0.25) is 5.02 Å². The number of fused-ring (bicyclic) bond motifs is 1. The average molecular weight is 440 g/mol. The van der Waals surface area contributed by atoms with Crippen molar-refractivity contribution in [3.8, 4) is 5.75 Å². The zero-order valence-electron chi connectivity index (χ0n) is 15.8. The molecule has 2 aromatic carbocycles. The summed E-state index contributed by atoms with van der Waals surface area (Å²) in [7, 11) is -4.08. The van der Waals surface area contributed by atoms with Crippen LogP contribution in [0.1, 0.15) is 20.8 Å². The number of nitro groups is 1. The zero-order valence-corrected chi connectivity index (χ0v) is 17.4. The van der Waals surface area contributed by atoms with Crippen LogP contribution in [0, 0.1) is 10.1 Å². The number of carbonyl (C=O) groups is 1. The first-order valence-electron chi connectivity index (χ1n) is 8.47. The van der Waals surface area contributed by atoms with Crippen LogP contribution in [0.25, 0.3) is 0 Å². The number of amides is 1. The van der Waals surface area contributed by atoms with Gasteiger partial charge < -0.3 is 9.64 Å². The predicted molar refractivity (Wildman–Crippen MR) is 108 cm³/mol. The molecule has 0 saturated carbocycles. The minimum Gasteiger partial charge on any atom is -0.484 e. The molecule has 0 fully saturated rings. The van der Waals surface area contributed by atoms with Gasteiger partial charge in [-0.05, 0) is 38.1 Å². The fourth-order valence-corrected chi connectivity index (χ4v) is 4.32. The van der Waals surface area contributed by atoms with Gasteiger partial charge in [0.25, 0.3) is 15.7 Å². The monoisotopic (exact) mass is 439 g/mol. The summed E-state index contributed by atoms with van der Waals surface area (Å²) >= 11 is 5.97. The Bertz CT molecular complexity index is 1120. The molecule has 0 saturated heterocycles. The number of carbonyl (C=O) groups excluding carboxylic acids is 1. The molecule has 0 aliphatic carbocycles. The maximum absolute atomic E-state index is 12.8. The van der Waals surface area contributed by atoms with E-state index in [1.54, 1.807) is 0 Å². The third-order valence-corrected chi connectivity index (χ3v) is 5.92. The highest BCUT2D eigenvalue weighted by Gasteiger charge is 2.34. The molecule has 29 heavy (non-hydrogen) atoms. The van der Waals surface area contributed by atoms with Crippen LogP contribution in [0.3, 0.4) is 0 Å². The number of non-ortho nitro benzene ring substituents is 1. The van der Waals surface area contributed by atoms with Crippen molar-refractivity contribution < 1.29 is 22.9 Å². The van der Waals surface area contributed by atoms with Gasteiger partial charge in [-0.2, -0.15) is 0 Å². The highest BCUT2D eigenvalue weighted by Crippen LogP contribution is 2.39. The van der Waals surface area contributed by atoms with E-state index in [1.165, 1.54) is 36.1 Å². The molecule has 11 heteroatoms. The summed E-state index contributed by atoms with van der Waals surface area (Å²) in [6.07, 6.45) is 0. The standard InChI is InChI=1S/C18H18ClN3O6S/c1-11(23)21-10-18(2,3)28-17-7-5-13(9-16(17)21)29(26,27)20-15-6-4-12(22(24)25)8-14(15)19/h4-9,20H,10H2,1-3H3. The molecule has 9 nitrogen and oxygen atoms in total. The Labute approximate surface area is 172 Å². The number of hydrogen-bond donors (Lipinski definition) is 1. The molecule has 1 heterocycles. The second-order valence-corrected chi connectivity index (χ2v) is 9.21. The molecule has 3 rings (SSSR count). The Morgan fingerprint density at radius 1 is 1.28 bits per heavy atom. The van der Waals surface area contributed by atoms with E-state index >= 15 is 0 Å². The third kappa shape index (κ3) is 4.28. The molecular weight excluding hydrogens is 422 g/mol. The second-order valence-electron chi connectivity index (χ2n) is 7.12. The molecule has 1 N–H and O–H groups in total.